The SMILES string of the molecule is NCC=COc1ccccc1O. The fourth-order valence-electron chi connectivity index (χ4n) is 0.734. The predicted octanol–water partition coefficient (Wildman–Crippen LogP) is 1.24. The minimum absolute atomic E-state index is 0.124. The fraction of sp³-hybridized carbons (Fsp3) is 0.111. The number of phenols is 1. The summed E-state index contributed by atoms with van der Waals surface area (Å²) >= 11 is 0. The van der Waals surface area contributed by atoms with Gasteiger partial charge in [0.15, 0.2) is 11.5 Å². The van der Waals surface area contributed by atoms with Crippen molar-refractivity contribution in [2.45, 2.75) is 0 Å². The molecule has 0 saturated heterocycles. The molecule has 0 radical (unpaired) electrons. The maximum Gasteiger partial charge on any atom is 0.168 e. The van der Waals surface area contributed by atoms with Crippen molar-refractivity contribution in [1.82, 2.24) is 0 Å². The molecule has 64 valence electrons. The van der Waals surface area contributed by atoms with Crippen LogP contribution in [0.5, 0.6) is 11.5 Å². The molecule has 0 aliphatic rings. The zero-order valence-electron chi connectivity index (χ0n) is 6.60. The van der Waals surface area contributed by atoms with Gasteiger partial charge in [0.1, 0.15) is 0 Å². The van der Waals surface area contributed by atoms with Gasteiger partial charge in [-0.15, -0.1) is 0 Å². The molecule has 0 spiro atoms. The standard InChI is InChI=1S/C9H11NO2/c10-6-3-7-12-9-5-2-1-4-8(9)11/h1-5,7,11H,6,10H2. The summed E-state index contributed by atoms with van der Waals surface area (Å²) in [7, 11) is 0. The minimum Gasteiger partial charge on any atom is -0.504 e. The normalized spacial score (nSPS) is 10.4. The molecule has 0 heterocycles. The van der Waals surface area contributed by atoms with E-state index >= 15 is 0 Å². The Morgan fingerprint density at radius 1 is 1.42 bits per heavy atom. The van der Waals surface area contributed by atoms with E-state index in [0.29, 0.717) is 12.3 Å². The summed E-state index contributed by atoms with van der Waals surface area (Å²) in [5, 5.41) is 9.22. The van der Waals surface area contributed by atoms with Gasteiger partial charge in [-0.2, -0.15) is 0 Å². The van der Waals surface area contributed by atoms with Gasteiger partial charge in [-0.3, -0.25) is 0 Å². The average molecular weight is 165 g/mol. The molecule has 0 bridgehead atoms. The highest BCUT2D eigenvalue weighted by atomic mass is 16.5. The van der Waals surface area contributed by atoms with Gasteiger partial charge in [-0.05, 0) is 18.2 Å². The third-order valence-electron chi connectivity index (χ3n) is 1.29. The summed E-state index contributed by atoms with van der Waals surface area (Å²) in [6.45, 7) is 0.424. The van der Waals surface area contributed by atoms with Crippen LogP contribution in [-0.2, 0) is 0 Å². The van der Waals surface area contributed by atoms with Gasteiger partial charge in [-0.25, -0.2) is 0 Å². The number of para-hydroxylation sites is 2. The zero-order chi connectivity index (χ0) is 8.81. The smallest absolute Gasteiger partial charge is 0.168 e. The molecule has 0 amide bonds. The monoisotopic (exact) mass is 165 g/mol. The first kappa shape index (κ1) is 8.62. The molecular formula is C9H11NO2. The van der Waals surface area contributed by atoms with Crippen molar-refractivity contribution in [3.8, 4) is 11.5 Å². The van der Waals surface area contributed by atoms with Gasteiger partial charge < -0.3 is 15.6 Å². The van der Waals surface area contributed by atoms with E-state index in [1.165, 1.54) is 6.26 Å². The lowest BCUT2D eigenvalue weighted by Gasteiger charge is -2.00. The number of hydrogen-bond acceptors (Lipinski definition) is 3. The van der Waals surface area contributed by atoms with Gasteiger partial charge in [0.25, 0.3) is 0 Å². The number of aromatic hydroxyl groups is 1. The van der Waals surface area contributed by atoms with Crippen LogP contribution in [0.15, 0.2) is 36.6 Å². The van der Waals surface area contributed by atoms with E-state index in [1.54, 1.807) is 30.3 Å². The van der Waals surface area contributed by atoms with Crippen molar-refractivity contribution in [2.24, 2.45) is 5.73 Å². The molecular weight excluding hydrogens is 154 g/mol. The molecule has 3 heteroatoms. The molecule has 0 aliphatic heterocycles. The Labute approximate surface area is 71.1 Å². The molecule has 1 aromatic rings. The maximum absolute atomic E-state index is 9.22. The van der Waals surface area contributed by atoms with Gasteiger partial charge in [-0.1, -0.05) is 12.1 Å². The molecule has 0 aliphatic carbocycles. The summed E-state index contributed by atoms with van der Waals surface area (Å²) in [6, 6.07) is 6.75. The van der Waals surface area contributed by atoms with E-state index < -0.39 is 0 Å². The molecule has 0 fully saturated rings. The fourth-order valence-corrected chi connectivity index (χ4v) is 0.734. The van der Waals surface area contributed by atoms with Crippen molar-refractivity contribution in [3.05, 3.63) is 36.6 Å². The van der Waals surface area contributed by atoms with Crippen LogP contribution in [0.1, 0.15) is 0 Å². The first-order valence-electron chi connectivity index (χ1n) is 3.64. The van der Waals surface area contributed by atoms with Gasteiger partial charge >= 0.3 is 0 Å². The Hall–Kier alpha value is -1.48. The minimum atomic E-state index is 0.124. The van der Waals surface area contributed by atoms with E-state index in [0.717, 1.165) is 0 Å². The number of phenolic OH excluding ortho intramolecular Hbond substituents is 1. The van der Waals surface area contributed by atoms with Crippen LogP contribution in [0.4, 0.5) is 0 Å². The van der Waals surface area contributed by atoms with E-state index in [9.17, 15) is 5.11 Å². The zero-order valence-corrected chi connectivity index (χ0v) is 6.60. The van der Waals surface area contributed by atoms with Gasteiger partial charge in [0, 0.05) is 6.54 Å². The summed E-state index contributed by atoms with van der Waals surface area (Å²) in [5.74, 6) is 0.557. The lowest BCUT2D eigenvalue weighted by Crippen LogP contribution is -1.93. The number of benzene rings is 1. The van der Waals surface area contributed by atoms with Crippen molar-refractivity contribution >= 4 is 0 Å². The highest BCUT2D eigenvalue weighted by Gasteiger charge is 1.96. The van der Waals surface area contributed by atoms with E-state index in [-0.39, 0.29) is 5.75 Å². The Morgan fingerprint density at radius 2 is 2.17 bits per heavy atom. The number of nitrogens with two attached hydrogens (primary N) is 1. The van der Waals surface area contributed by atoms with Crippen LogP contribution in [0.3, 0.4) is 0 Å². The molecule has 3 nitrogen and oxygen atoms in total. The van der Waals surface area contributed by atoms with Gasteiger partial charge in [0.05, 0.1) is 6.26 Å². The molecule has 0 saturated carbocycles. The third-order valence-corrected chi connectivity index (χ3v) is 1.29. The van der Waals surface area contributed by atoms with Crippen LogP contribution in [0.25, 0.3) is 0 Å². The predicted molar refractivity (Wildman–Crippen MR) is 46.9 cm³/mol. The highest BCUT2D eigenvalue weighted by Crippen LogP contribution is 2.24. The largest absolute Gasteiger partial charge is 0.504 e. The van der Waals surface area contributed by atoms with Crippen LogP contribution in [-0.4, -0.2) is 11.7 Å². The molecule has 0 unspecified atom stereocenters. The Bertz CT molecular complexity index is 271. The first-order valence-corrected chi connectivity index (χ1v) is 3.64. The summed E-state index contributed by atoms with van der Waals surface area (Å²) in [5.41, 5.74) is 5.20. The average Bonchev–Trinajstić information content (AvgIpc) is 2.09. The number of rotatable bonds is 3. The number of hydrogen-bond donors (Lipinski definition) is 2. The summed E-state index contributed by atoms with van der Waals surface area (Å²) < 4.78 is 5.07. The Morgan fingerprint density at radius 3 is 2.83 bits per heavy atom. The van der Waals surface area contributed by atoms with Crippen molar-refractivity contribution in [2.75, 3.05) is 6.54 Å². The highest BCUT2D eigenvalue weighted by molar-refractivity contribution is 5.38. The summed E-state index contributed by atoms with van der Waals surface area (Å²) in [6.07, 6.45) is 3.11. The second-order valence-corrected chi connectivity index (χ2v) is 2.19. The van der Waals surface area contributed by atoms with Crippen LogP contribution < -0.4 is 10.5 Å². The maximum atomic E-state index is 9.22. The van der Waals surface area contributed by atoms with E-state index in [4.69, 9.17) is 10.5 Å². The third kappa shape index (κ3) is 2.29. The molecule has 1 aromatic carbocycles. The number of ether oxygens (including phenoxy) is 1. The Balaban J connectivity index is 2.63. The van der Waals surface area contributed by atoms with Gasteiger partial charge in [0.2, 0.25) is 0 Å². The second-order valence-electron chi connectivity index (χ2n) is 2.19. The first-order chi connectivity index (χ1) is 5.84. The van der Waals surface area contributed by atoms with Crippen molar-refractivity contribution < 1.29 is 9.84 Å². The lowest BCUT2D eigenvalue weighted by atomic mass is 10.3. The molecule has 12 heavy (non-hydrogen) atoms. The van der Waals surface area contributed by atoms with E-state index in [2.05, 4.69) is 0 Å². The summed E-state index contributed by atoms with van der Waals surface area (Å²) in [4.78, 5) is 0. The molecule has 0 aromatic heterocycles. The van der Waals surface area contributed by atoms with Crippen LogP contribution in [0, 0.1) is 0 Å². The lowest BCUT2D eigenvalue weighted by molar-refractivity contribution is 0.410. The quantitative estimate of drug-likeness (QED) is 0.662. The Kier molecular flexibility index (Phi) is 3.17. The molecule has 1 rings (SSSR count). The second kappa shape index (κ2) is 4.41. The molecule has 3 N–H and O–H groups in total. The van der Waals surface area contributed by atoms with Crippen LogP contribution in [0.2, 0.25) is 0 Å². The van der Waals surface area contributed by atoms with E-state index in [1.807, 2.05) is 0 Å². The van der Waals surface area contributed by atoms with Crippen molar-refractivity contribution in [1.29, 1.82) is 0 Å². The topological polar surface area (TPSA) is 55.5 Å². The van der Waals surface area contributed by atoms with Crippen molar-refractivity contribution in [3.63, 3.8) is 0 Å². The molecule has 0 atom stereocenters. The van der Waals surface area contributed by atoms with Crippen LogP contribution >= 0.6 is 0 Å².